The van der Waals surface area contributed by atoms with Crippen LogP contribution in [-0.4, -0.2) is 28.3 Å². The number of carbonyl (C=O) groups excluding carboxylic acids is 1. The van der Waals surface area contributed by atoms with Gasteiger partial charge in [-0.2, -0.15) is 5.10 Å². The first-order valence-corrected chi connectivity index (χ1v) is 6.26. The molecule has 2 aromatic rings. The zero-order chi connectivity index (χ0) is 13.5. The lowest BCUT2D eigenvalue weighted by atomic mass is 10.3. The second-order valence-electron chi connectivity index (χ2n) is 4.24. The number of nitrogens with zero attached hydrogens (tertiary/aromatic N) is 2. The Labute approximate surface area is 111 Å². The number of nitrogens with one attached hydrogen (secondary N) is 2. The molecule has 0 fully saturated rings. The van der Waals surface area contributed by atoms with Crippen LogP contribution in [0.1, 0.15) is 12.7 Å². The Morgan fingerprint density at radius 1 is 1.53 bits per heavy atom. The minimum atomic E-state index is -0.245. The molecule has 1 atom stereocenters. The first kappa shape index (κ1) is 13.4. The summed E-state index contributed by atoms with van der Waals surface area (Å²) in [6, 6.07) is 5.26. The van der Waals surface area contributed by atoms with Gasteiger partial charge in [0.25, 0.3) is 0 Å². The SMILES string of the molecule is CC(NCCn1cccn1)C(=O)NCc1ccco1. The first-order chi connectivity index (χ1) is 9.25. The van der Waals surface area contributed by atoms with Crippen molar-refractivity contribution >= 4 is 5.91 Å². The molecule has 6 heteroatoms. The maximum Gasteiger partial charge on any atom is 0.237 e. The van der Waals surface area contributed by atoms with E-state index < -0.39 is 0 Å². The average Bonchev–Trinajstić information content (AvgIpc) is 3.08. The zero-order valence-electron chi connectivity index (χ0n) is 10.9. The molecule has 0 aliphatic carbocycles. The molecule has 0 aromatic carbocycles. The third-order valence-electron chi connectivity index (χ3n) is 2.76. The molecule has 0 saturated heterocycles. The second kappa shape index (κ2) is 6.75. The van der Waals surface area contributed by atoms with Gasteiger partial charge >= 0.3 is 0 Å². The summed E-state index contributed by atoms with van der Waals surface area (Å²) < 4.78 is 6.97. The molecule has 1 unspecified atom stereocenters. The van der Waals surface area contributed by atoms with Gasteiger partial charge < -0.3 is 15.1 Å². The smallest absolute Gasteiger partial charge is 0.237 e. The Kier molecular flexibility index (Phi) is 4.74. The molecule has 0 aliphatic heterocycles. The predicted octanol–water partition coefficient (Wildman–Crippen LogP) is 0.771. The number of aromatic nitrogens is 2. The van der Waals surface area contributed by atoms with Crippen molar-refractivity contribution in [1.29, 1.82) is 0 Å². The molecule has 0 radical (unpaired) electrons. The maximum absolute atomic E-state index is 11.8. The lowest BCUT2D eigenvalue weighted by Gasteiger charge is -2.13. The van der Waals surface area contributed by atoms with Crippen LogP contribution in [0.3, 0.4) is 0 Å². The molecule has 0 aliphatic rings. The fourth-order valence-corrected chi connectivity index (χ4v) is 1.66. The minimum absolute atomic E-state index is 0.0446. The van der Waals surface area contributed by atoms with E-state index in [9.17, 15) is 4.79 Å². The number of amides is 1. The summed E-state index contributed by atoms with van der Waals surface area (Å²) in [5, 5.41) is 10.0. The minimum Gasteiger partial charge on any atom is -0.467 e. The standard InChI is InChI=1S/C13H18N4O2/c1-11(14-6-8-17-7-3-5-16-17)13(18)15-10-12-4-2-9-19-12/h2-5,7,9,11,14H,6,8,10H2,1H3,(H,15,18). The highest BCUT2D eigenvalue weighted by atomic mass is 16.3. The van der Waals surface area contributed by atoms with Crippen LogP contribution in [0.5, 0.6) is 0 Å². The van der Waals surface area contributed by atoms with Crippen LogP contribution in [0, 0.1) is 0 Å². The van der Waals surface area contributed by atoms with Crippen molar-refractivity contribution in [3.05, 3.63) is 42.6 Å². The van der Waals surface area contributed by atoms with Crippen LogP contribution in [-0.2, 0) is 17.9 Å². The van der Waals surface area contributed by atoms with Crippen LogP contribution in [0.25, 0.3) is 0 Å². The van der Waals surface area contributed by atoms with E-state index in [1.807, 2.05) is 29.9 Å². The Hall–Kier alpha value is -2.08. The van der Waals surface area contributed by atoms with Gasteiger partial charge in [-0.15, -0.1) is 0 Å². The topological polar surface area (TPSA) is 72.1 Å². The van der Waals surface area contributed by atoms with Gasteiger partial charge in [-0.3, -0.25) is 9.48 Å². The van der Waals surface area contributed by atoms with Crippen molar-refractivity contribution in [2.24, 2.45) is 0 Å². The fourth-order valence-electron chi connectivity index (χ4n) is 1.66. The largest absolute Gasteiger partial charge is 0.467 e. The Morgan fingerprint density at radius 2 is 2.42 bits per heavy atom. The number of furan rings is 1. The molecule has 0 saturated carbocycles. The second-order valence-corrected chi connectivity index (χ2v) is 4.24. The monoisotopic (exact) mass is 262 g/mol. The molecule has 2 N–H and O–H groups in total. The molecule has 1 amide bonds. The van der Waals surface area contributed by atoms with Crippen LogP contribution in [0.4, 0.5) is 0 Å². The highest BCUT2D eigenvalue weighted by molar-refractivity contribution is 5.81. The Balaban J connectivity index is 1.64. The van der Waals surface area contributed by atoms with E-state index in [1.165, 1.54) is 0 Å². The van der Waals surface area contributed by atoms with E-state index in [2.05, 4.69) is 15.7 Å². The highest BCUT2D eigenvalue weighted by Gasteiger charge is 2.11. The molecular formula is C13H18N4O2. The van der Waals surface area contributed by atoms with Crippen LogP contribution >= 0.6 is 0 Å². The summed E-state index contributed by atoms with van der Waals surface area (Å²) in [4.78, 5) is 11.8. The third-order valence-corrected chi connectivity index (χ3v) is 2.76. The number of rotatable bonds is 7. The summed E-state index contributed by atoms with van der Waals surface area (Å²) in [5.41, 5.74) is 0. The van der Waals surface area contributed by atoms with Gasteiger partial charge in [0.2, 0.25) is 5.91 Å². The highest BCUT2D eigenvalue weighted by Crippen LogP contribution is 1.98. The molecule has 0 bridgehead atoms. The summed E-state index contributed by atoms with van der Waals surface area (Å²) in [7, 11) is 0. The number of carbonyl (C=O) groups is 1. The number of hydrogen-bond acceptors (Lipinski definition) is 4. The van der Waals surface area contributed by atoms with E-state index in [0.29, 0.717) is 13.1 Å². The van der Waals surface area contributed by atoms with Gasteiger partial charge in [0, 0.05) is 18.9 Å². The zero-order valence-corrected chi connectivity index (χ0v) is 10.9. The summed E-state index contributed by atoms with van der Waals surface area (Å²) >= 11 is 0. The van der Waals surface area contributed by atoms with E-state index in [-0.39, 0.29) is 11.9 Å². The van der Waals surface area contributed by atoms with E-state index >= 15 is 0 Å². The first-order valence-electron chi connectivity index (χ1n) is 6.26. The predicted molar refractivity (Wildman–Crippen MR) is 70.2 cm³/mol. The van der Waals surface area contributed by atoms with Crippen molar-refractivity contribution in [3.8, 4) is 0 Å². The summed E-state index contributed by atoms with van der Waals surface area (Å²) in [6.07, 6.45) is 5.22. The van der Waals surface area contributed by atoms with Gasteiger partial charge in [0.05, 0.1) is 25.4 Å². The molecule has 2 heterocycles. The lowest BCUT2D eigenvalue weighted by Crippen LogP contribution is -2.42. The van der Waals surface area contributed by atoms with Gasteiger partial charge in [0.15, 0.2) is 0 Å². The van der Waals surface area contributed by atoms with Gasteiger partial charge in [0.1, 0.15) is 5.76 Å². The lowest BCUT2D eigenvalue weighted by molar-refractivity contribution is -0.123. The molecule has 2 rings (SSSR count). The van der Waals surface area contributed by atoms with Crippen molar-refractivity contribution in [2.75, 3.05) is 6.54 Å². The van der Waals surface area contributed by atoms with Crippen molar-refractivity contribution in [2.45, 2.75) is 26.1 Å². The van der Waals surface area contributed by atoms with Gasteiger partial charge in [-0.25, -0.2) is 0 Å². The average molecular weight is 262 g/mol. The molecule has 6 nitrogen and oxygen atoms in total. The van der Waals surface area contributed by atoms with Crippen LogP contribution < -0.4 is 10.6 Å². The molecule has 19 heavy (non-hydrogen) atoms. The van der Waals surface area contributed by atoms with Gasteiger partial charge in [-0.05, 0) is 25.1 Å². The van der Waals surface area contributed by atoms with Crippen molar-refractivity contribution in [3.63, 3.8) is 0 Å². The Bertz CT molecular complexity index is 479. The molecule has 102 valence electrons. The summed E-state index contributed by atoms with van der Waals surface area (Å²) in [6.45, 7) is 3.68. The third kappa shape index (κ3) is 4.26. The van der Waals surface area contributed by atoms with E-state index in [1.54, 1.807) is 18.5 Å². The van der Waals surface area contributed by atoms with E-state index in [4.69, 9.17) is 4.42 Å². The van der Waals surface area contributed by atoms with Crippen LogP contribution in [0.2, 0.25) is 0 Å². The van der Waals surface area contributed by atoms with E-state index in [0.717, 1.165) is 12.3 Å². The molecular weight excluding hydrogens is 244 g/mol. The molecule has 0 spiro atoms. The van der Waals surface area contributed by atoms with Crippen molar-refractivity contribution < 1.29 is 9.21 Å². The quantitative estimate of drug-likeness (QED) is 0.773. The number of hydrogen-bond donors (Lipinski definition) is 2. The maximum atomic E-state index is 11.8. The fraction of sp³-hybridized carbons (Fsp3) is 0.385. The van der Waals surface area contributed by atoms with Crippen LogP contribution in [0.15, 0.2) is 41.3 Å². The molecule has 2 aromatic heterocycles. The Morgan fingerprint density at radius 3 is 3.11 bits per heavy atom. The normalized spacial score (nSPS) is 12.3. The van der Waals surface area contributed by atoms with Crippen molar-refractivity contribution in [1.82, 2.24) is 20.4 Å². The summed E-state index contributed by atoms with van der Waals surface area (Å²) in [5.74, 6) is 0.703. The van der Waals surface area contributed by atoms with Gasteiger partial charge in [-0.1, -0.05) is 0 Å².